The maximum absolute atomic E-state index is 12.3. The minimum atomic E-state index is -3.54. The monoisotopic (exact) mass is 440 g/mol. The smallest absolute Gasteiger partial charge is 0.242 e. The second-order valence-corrected chi connectivity index (χ2v) is 8.39. The topological polar surface area (TPSA) is 72.2 Å². The largest absolute Gasteiger partial charge is 0.399 e. The maximum Gasteiger partial charge on any atom is 0.242 e. The van der Waals surface area contributed by atoms with Crippen LogP contribution in [0, 0.1) is 0 Å². The average Bonchev–Trinajstić information content (AvgIpc) is 2.35. The summed E-state index contributed by atoms with van der Waals surface area (Å²) in [6, 6.07) is 3.17. The van der Waals surface area contributed by atoms with Crippen molar-refractivity contribution in [2.75, 3.05) is 12.3 Å². The molecule has 0 unspecified atom stereocenters. The Morgan fingerprint density at radius 3 is 2.14 bits per heavy atom. The Morgan fingerprint density at radius 2 is 1.57 bits per heavy atom. The predicted octanol–water partition coefficient (Wildman–Crippen LogP) is 4.43. The lowest BCUT2D eigenvalue weighted by Gasteiger charge is -2.11. The van der Waals surface area contributed by atoms with Crippen molar-refractivity contribution in [2.45, 2.75) is 50.3 Å². The number of hydrogen-bond donors (Lipinski definition) is 2. The number of rotatable bonds is 9. The highest BCUT2D eigenvalue weighted by Crippen LogP contribution is 2.32. The summed E-state index contributed by atoms with van der Waals surface area (Å²) in [7, 11) is -3.54. The first-order valence-corrected chi connectivity index (χ1v) is 10.2. The second kappa shape index (κ2) is 9.12. The van der Waals surface area contributed by atoms with Crippen molar-refractivity contribution in [2.24, 2.45) is 0 Å². The molecule has 0 aliphatic heterocycles. The van der Waals surface area contributed by atoms with E-state index in [-0.39, 0.29) is 4.90 Å². The van der Waals surface area contributed by atoms with Crippen LogP contribution in [0.3, 0.4) is 0 Å². The number of halogens is 2. The Balaban J connectivity index is 2.55. The van der Waals surface area contributed by atoms with Crippen LogP contribution in [0.2, 0.25) is 0 Å². The zero-order valence-corrected chi connectivity index (χ0v) is 16.2. The Morgan fingerprint density at radius 1 is 1.05 bits per heavy atom. The van der Waals surface area contributed by atoms with E-state index in [1.807, 2.05) is 0 Å². The summed E-state index contributed by atoms with van der Waals surface area (Å²) in [5.74, 6) is 0. The molecule has 0 aromatic heterocycles. The van der Waals surface area contributed by atoms with Crippen molar-refractivity contribution >= 4 is 47.6 Å². The molecule has 4 nitrogen and oxygen atoms in total. The van der Waals surface area contributed by atoms with Gasteiger partial charge in [-0.25, -0.2) is 13.1 Å². The third-order valence-electron chi connectivity index (χ3n) is 3.11. The first-order valence-electron chi connectivity index (χ1n) is 7.12. The molecule has 21 heavy (non-hydrogen) atoms. The standard InChI is InChI=1S/C14H22Br2N2O2S/c1-2-3-4-5-6-7-8-18-21(19,20)14-12(15)9-11(17)10-13(14)16/h9-10,18H,2-8,17H2,1H3. The van der Waals surface area contributed by atoms with Gasteiger partial charge in [0.2, 0.25) is 10.0 Å². The zero-order valence-electron chi connectivity index (χ0n) is 12.2. The Labute approximate surface area is 144 Å². The molecule has 0 aliphatic carbocycles. The molecule has 0 spiro atoms. The number of benzene rings is 1. The lowest BCUT2D eigenvalue weighted by Crippen LogP contribution is -2.25. The molecule has 0 saturated carbocycles. The number of nitrogens with one attached hydrogen (secondary N) is 1. The van der Waals surface area contributed by atoms with Gasteiger partial charge in [0.25, 0.3) is 0 Å². The van der Waals surface area contributed by atoms with Crippen LogP contribution >= 0.6 is 31.9 Å². The average molecular weight is 442 g/mol. The van der Waals surface area contributed by atoms with Crippen molar-refractivity contribution in [3.05, 3.63) is 21.1 Å². The van der Waals surface area contributed by atoms with Crippen LogP contribution in [0.15, 0.2) is 26.0 Å². The number of anilines is 1. The Hall–Kier alpha value is -0.110. The van der Waals surface area contributed by atoms with E-state index in [4.69, 9.17) is 5.73 Å². The molecule has 1 aromatic carbocycles. The van der Waals surface area contributed by atoms with Crippen molar-refractivity contribution in [1.82, 2.24) is 4.72 Å². The molecule has 0 radical (unpaired) electrons. The summed E-state index contributed by atoms with van der Waals surface area (Å²) < 4.78 is 28.2. The molecule has 0 aliphatic rings. The molecule has 0 fully saturated rings. The number of hydrogen-bond acceptors (Lipinski definition) is 3. The number of sulfonamides is 1. The van der Waals surface area contributed by atoms with Crippen molar-refractivity contribution in [3.8, 4) is 0 Å². The van der Waals surface area contributed by atoms with Crippen LogP contribution in [0.1, 0.15) is 45.4 Å². The van der Waals surface area contributed by atoms with Gasteiger partial charge in [0.1, 0.15) is 4.90 Å². The van der Waals surface area contributed by atoms with Gasteiger partial charge in [-0.1, -0.05) is 39.0 Å². The summed E-state index contributed by atoms with van der Waals surface area (Å²) in [5.41, 5.74) is 6.18. The molecule has 0 heterocycles. The molecule has 7 heteroatoms. The first-order chi connectivity index (χ1) is 9.88. The van der Waals surface area contributed by atoms with Gasteiger partial charge in [-0.3, -0.25) is 0 Å². The minimum absolute atomic E-state index is 0.197. The molecule has 3 N–H and O–H groups in total. The molecular weight excluding hydrogens is 420 g/mol. The molecular formula is C14H22Br2N2O2S. The number of unbranched alkanes of at least 4 members (excludes halogenated alkanes) is 5. The van der Waals surface area contributed by atoms with Crippen LogP contribution in [-0.4, -0.2) is 15.0 Å². The fourth-order valence-electron chi connectivity index (χ4n) is 2.02. The lowest BCUT2D eigenvalue weighted by atomic mass is 10.1. The van der Waals surface area contributed by atoms with Gasteiger partial charge < -0.3 is 5.73 Å². The van der Waals surface area contributed by atoms with Crippen molar-refractivity contribution in [1.29, 1.82) is 0 Å². The fraction of sp³-hybridized carbons (Fsp3) is 0.571. The second-order valence-electron chi connectivity index (χ2n) is 4.98. The molecule has 0 atom stereocenters. The summed E-state index contributed by atoms with van der Waals surface area (Å²) in [6.07, 6.45) is 6.74. The van der Waals surface area contributed by atoms with Gasteiger partial charge in [-0.15, -0.1) is 0 Å². The van der Waals surface area contributed by atoms with Gasteiger partial charge in [-0.2, -0.15) is 0 Å². The summed E-state index contributed by atoms with van der Waals surface area (Å²) >= 11 is 6.51. The van der Waals surface area contributed by atoms with E-state index >= 15 is 0 Å². The van der Waals surface area contributed by atoms with Gasteiger partial charge in [0.05, 0.1) is 0 Å². The Kier molecular flexibility index (Phi) is 8.23. The summed E-state index contributed by atoms with van der Waals surface area (Å²) in [4.78, 5) is 0.197. The molecule has 0 bridgehead atoms. The van der Waals surface area contributed by atoms with Crippen LogP contribution in [0.5, 0.6) is 0 Å². The zero-order chi connectivity index (χ0) is 15.9. The highest BCUT2D eigenvalue weighted by Gasteiger charge is 2.21. The predicted molar refractivity (Wildman–Crippen MR) is 94.8 cm³/mol. The van der Waals surface area contributed by atoms with E-state index in [2.05, 4.69) is 43.5 Å². The first kappa shape index (κ1) is 18.9. The third kappa shape index (κ3) is 6.26. The van der Waals surface area contributed by atoms with Crippen LogP contribution in [-0.2, 0) is 10.0 Å². The quantitative estimate of drug-likeness (QED) is 0.439. The van der Waals surface area contributed by atoms with Crippen LogP contribution in [0.25, 0.3) is 0 Å². The molecule has 1 rings (SSSR count). The number of nitrogens with two attached hydrogens (primary N) is 1. The van der Waals surface area contributed by atoms with Gasteiger partial charge in [0, 0.05) is 21.2 Å². The Bertz CT molecular complexity index is 539. The highest BCUT2D eigenvalue weighted by atomic mass is 79.9. The number of nitrogen functional groups attached to an aromatic ring is 1. The molecule has 1 aromatic rings. The third-order valence-corrected chi connectivity index (χ3v) is 6.45. The van der Waals surface area contributed by atoms with Crippen LogP contribution in [0.4, 0.5) is 5.69 Å². The lowest BCUT2D eigenvalue weighted by molar-refractivity contribution is 0.567. The summed E-state index contributed by atoms with van der Waals surface area (Å²) in [5, 5.41) is 0. The molecule has 0 amide bonds. The van der Waals surface area contributed by atoms with Crippen LogP contribution < -0.4 is 10.5 Å². The van der Waals surface area contributed by atoms with Crippen molar-refractivity contribution < 1.29 is 8.42 Å². The van der Waals surface area contributed by atoms with E-state index in [1.165, 1.54) is 19.3 Å². The fourth-order valence-corrected chi connectivity index (χ4v) is 5.71. The molecule has 120 valence electrons. The van der Waals surface area contributed by atoms with Gasteiger partial charge >= 0.3 is 0 Å². The van der Waals surface area contributed by atoms with E-state index < -0.39 is 10.0 Å². The van der Waals surface area contributed by atoms with E-state index in [1.54, 1.807) is 12.1 Å². The normalized spacial score (nSPS) is 11.8. The highest BCUT2D eigenvalue weighted by molar-refractivity contribution is 9.11. The van der Waals surface area contributed by atoms with E-state index in [9.17, 15) is 8.42 Å². The SMILES string of the molecule is CCCCCCCCNS(=O)(=O)c1c(Br)cc(N)cc1Br. The van der Waals surface area contributed by atoms with E-state index in [0.29, 0.717) is 21.2 Å². The van der Waals surface area contributed by atoms with Gasteiger partial charge in [-0.05, 0) is 50.4 Å². The maximum atomic E-state index is 12.3. The van der Waals surface area contributed by atoms with E-state index in [0.717, 1.165) is 19.3 Å². The summed E-state index contributed by atoms with van der Waals surface area (Å²) in [6.45, 7) is 2.63. The van der Waals surface area contributed by atoms with Crippen molar-refractivity contribution in [3.63, 3.8) is 0 Å². The minimum Gasteiger partial charge on any atom is -0.399 e. The molecule has 0 saturated heterocycles. The van der Waals surface area contributed by atoms with Gasteiger partial charge in [0.15, 0.2) is 0 Å².